The Hall–Kier alpha value is -3.02. The minimum atomic E-state index is -0.420. The van der Waals surface area contributed by atoms with Crippen LogP contribution in [0.3, 0.4) is 0 Å². The second kappa shape index (κ2) is 6.47. The molecule has 1 aliphatic rings. The van der Waals surface area contributed by atoms with Crippen molar-refractivity contribution in [1.82, 2.24) is 10.1 Å². The van der Waals surface area contributed by atoms with Crippen LogP contribution in [0.4, 0.5) is 4.39 Å². The van der Waals surface area contributed by atoms with Crippen LogP contribution in [0, 0.1) is 5.82 Å². The Balaban J connectivity index is 1.41. The lowest BCUT2D eigenvalue weighted by atomic mass is 10.1. The van der Waals surface area contributed by atoms with Gasteiger partial charge in [0.25, 0.3) is 5.89 Å². The predicted octanol–water partition coefficient (Wildman–Crippen LogP) is 3.72. The third-order valence-corrected chi connectivity index (χ3v) is 4.23. The molecular formula is C19H15FN2O3. The van der Waals surface area contributed by atoms with Gasteiger partial charge in [-0.1, -0.05) is 11.2 Å². The Bertz CT molecular complexity index is 919. The lowest BCUT2D eigenvalue weighted by Crippen LogP contribution is -2.06. The van der Waals surface area contributed by atoms with Gasteiger partial charge in [0.2, 0.25) is 5.82 Å². The maximum atomic E-state index is 12.9. The third kappa shape index (κ3) is 3.28. The quantitative estimate of drug-likeness (QED) is 0.678. The van der Waals surface area contributed by atoms with E-state index >= 15 is 0 Å². The molecule has 1 aliphatic carbocycles. The second-order valence-corrected chi connectivity index (χ2v) is 5.93. The van der Waals surface area contributed by atoms with E-state index < -0.39 is 5.97 Å². The number of benzene rings is 2. The number of hydrogen-bond acceptors (Lipinski definition) is 5. The van der Waals surface area contributed by atoms with Crippen molar-refractivity contribution in [3.8, 4) is 11.4 Å². The van der Waals surface area contributed by atoms with E-state index in [9.17, 15) is 9.18 Å². The zero-order valence-electron chi connectivity index (χ0n) is 13.4. The molecular weight excluding hydrogens is 323 g/mol. The summed E-state index contributed by atoms with van der Waals surface area (Å²) in [6.07, 6.45) is 3.20. The fourth-order valence-electron chi connectivity index (χ4n) is 2.94. The number of esters is 1. The normalized spacial score (nSPS) is 12.8. The van der Waals surface area contributed by atoms with E-state index in [1.807, 2.05) is 12.1 Å². The number of aromatic nitrogens is 2. The predicted molar refractivity (Wildman–Crippen MR) is 87.3 cm³/mol. The van der Waals surface area contributed by atoms with Gasteiger partial charge < -0.3 is 9.26 Å². The van der Waals surface area contributed by atoms with E-state index in [0.717, 1.165) is 19.3 Å². The summed E-state index contributed by atoms with van der Waals surface area (Å²) in [5.41, 5.74) is 3.67. The van der Waals surface area contributed by atoms with Crippen molar-refractivity contribution in [2.75, 3.05) is 0 Å². The highest BCUT2D eigenvalue weighted by Gasteiger charge is 2.16. The molecule has 2 aromatic carbocycles. The summed E-state index contributed by atoms with van der Waals surface area (Å²) in [6.45, 7) is -0.107. The highest BCUT2D eigenvalue weighted by atomic mass is 19.1. The molecule has 4 rings (SSSR count). The molecule has 6 heteroatoms. The van der Waals surface area contributed by atoms with Gasteiger partial charge in [0.05, 0.1) is 5.56 Å². The van der Waals surface area contributed by atoms with Crippen molar-refractivity contribution in [1.29, 1.82) is 0 Å². The van der Waals surface area contributed by atoms with Gasteiger partial charge in [-0.05, 0) is 66.8 Å². The molecule has 0 aliphatic heterocycles. The van der Waals surface area contributed by atoms with Crippen LogP contribution in [0.1, 0.15) is 33.8 Å². The van der Waals surface area contributed by atoms with Gasteiger partial charge in [0.15, 0.2) is 6.61 Å². The fourth-order valence-corrected chi connectivity index (χ4v) is 2.94. The number of halogens is 1. The molecule has 0 atom stereocenters. The van der Waals surface area contributed by atoms with Gasteiger partial charge in [-0.25, -0.2) is 9.18 Å². The molecule has 126 valence electrons. The number of ether oxygens (including phenoxy) is 1. The molecule has 0 saturated heterocycles. The van der Waals surface area contributed by atoms with Gasteiger partial charge in [0.1, 0.15) is 5.82 Å². The first kappa shape index (κ1) is 15.5. The molecule has 0 unspecified atom stereocenters. The zero-order chi connectivity index (χ0) is 17.2. The monoisotopic (exact) mass is 338 g/mol. The van der Waals surface area contributed by atoms with Crippen molar-refractivity contribution < 1.29 is 18.4 Å². The number of carbonyl (C=O) groups excluding carboxylic acids is 1. The summed E-state index contributed by atoms with van der Waals surface area (Å²) in [5.74, 6) is -0.246. The van der Waals surface area contributed by atoms with Crippen molar-refractivity contribution in [3.63, 3.8) is 0 Å². The zero-order valence-corrected chi connectivity index (χ0v) is 13.4. The molecule has 0 spiro atoms. The molecule has 25 heavy (non-hydrogen) atoms. The van der Waals surface area contributed by atoms with E-state index in [4.69, 9.17) is 9.26 Å². The smallest absolute Gasteiger partial charge is 0.338 e. The van der Waals surface area contributed by atoms with E-state index in [1.165, 1.54) is 23.3 Å². The highest BCUT2D eigenvalue weighted by molar-refractivity contribution is 5.89. The summed E-state index contributed by atoms with van der Waals surface area (Å²) >= 11 is 0. The van der Waals surface area contributed by atoms with E-state index in [0.29, 0.717) is 17.0 Å². The molecule has 0 fully saturated rings. The molecule has 0 saturated carbocycles. The number of aryl methyl sites for hydroxylation is 2. The summed E-state index contributed by atoms with van der Waals surface area (Å²) in [5, 5.41) is 3.81. The largest absolute Gasteiger partial charge is 0.452 e. The van der Waals surface area contributed by atoms with E-state index in [2.05, 4.69) is 10.1 Å². The van der Waals surface area contributed by atoms with Crippen LogP contribution in [-0.4, -0.2) is 16.1 Å². The summed E-state index contributed by atoms with van der Waals surface area (Å²) in [4.78, 5) is 16.3. The third-order valence-electron chi connectivity index (χ3n) is 4.23. The minimum Gasteiger partial charge on any atom is -0.452 e. The van der Waals surface area contributed by atoms with E-state index in [1.54, 1.807) is 18.2 Å². The Kier molecular flexibility index (Phi) is 4.01. The Morgan fingerprint density at radius 1 is 1.12 bits per heavy atom. The maximum absolute atomic E-state index is 12.9. The van der Waals surface area contributed by atoms with Crippen molar-refractivity contribution >= 4 is 5.97 Å². The van der Waals surface area contributed by atoms with Crippen LogP contribution in [0.15, 0.2) is 47.0 Å². The molecule has 0 N–H and O–H groups in total. The van der Waals surface area contributed by atoms with Gasteiger partial charge >= 0.3 is 5.97 Å². The lowest BCUT2D eigenvalue weighted by Gasteiger charge is -2.04. The van der Waals surface area contributed by atoms with E-state index in [-0.39, 0.29) is 18.3 Å². The van der Waals surface area contributed by atoms with Gasteiger partial charge in [-0.15, -0.1) is 0 Å². The first-order valence-electron chi connectivity index (χ1n) is 8.06. The van der Waals surface area contributed by atoms with Crippen LogP contribution < -0.4 is 0 Å². The molecule has 0 amide bonds. The minimum absolute atomic E-state index is 0.107. The van der Waals surface area contributed by atoms with Crippen LogP contribution >= 0.6 is 0 Å². The number of carbonyl (C=O) groups is 1. The average Bonchev–Trinajstić information content (AvgIpc) is 3.29. The molecule has 1 heterocycles. The van der Waals surface area contributed by atoms with Gasteiger partial charge in [-0.3, -0.25) is 0 Å². The molecule has 5 nitrogen and oxygen atoms in total. The SMILES string of the molecule is O=C(OCc1nc(-c2ccc(F)cc2)no1)c1ccc2c(c1)CCC2. The first-order valence-corrected chi connectivity index (χ1v) is 8.06. The Morgan fingerprint density at radius 3 is 2.76 bits per heavy atom. The molecule has 1 aromatic heterocycles. The first-order chi connectivity index (χ1) is 12.2. The Labute approximate surface area is 143 Å². The van der Waals surface area contributed by atoms with Crippen molar-refractivity contribution in [2.24, 2.45) is 0 Å². The van der Waals surface area contributed by atoms with Gasteiger partial charge in [-0.2, -0.15) is 4.98 Å². The summed E-state index contributed by atoms with van der Waals surface area (Å²) < 4.78 is 23.3. The lowest BCUT2D eigenvalue weighted by molar-refractivity contribution is 0.0429. The second-order valence-electron chi connectivity index (χ2n) is 5.93. The van der Waals surface area contributed by atoms with Crippen molar-refractivity contribution in [2.45, 2.75) is 25.9 Å². The van der Waals surface area contributed by atoms with Crippen LogP contribution in [0.25, 0.3) is 11.4 Å². The summed E-state index contributed by atoms with van der Waals surface area (Å²) in [6, 6.07) is 11.4. The number of fused-ring (bicyclic) bond motifs is 1. The maximum Gasteiger partial charge on any atom is 0.338 e. The van der Waals surface area contributed by atoms with Gasteiger partial charge in [0, 0.05) is 5.56 Å². The standard InChI is InChI=1S/C19H15FN2O3/c20-16-8-6-13(7-9-16)18-21-17(25-22-18)11-24-19(23)15-5-4-12-2-1-3-14(12)10-15/h4-10H,1-3,11H2. The number of hydrogen-bond donors (Lipinski definition) is 0. The highest BCUT2D eigenvalue weighted by Crippen LogP contribution is 2.23. The Morgan fingerprint density at radius 2 is 1.92 bits per heavy atom. The van der Waals surface area contributed by atoms with Crippen LogP contribution in [0.5, 0.6) is 0 Å². The van der Waals surface area contributed by atoms with Crippen LogP contribution in [-0.2, 0) is 24.2 Å². The molecule has 0 radical (unpaired) electrons. The topological polar surface area (TPSA) is 65.2 Å². The average molecular weight is 338 g/mol. The molecule has 0 bridgehead atoms. The summed E-state index contributed by atoms with van der Waals surface area (Å²) in [7, 11) is 0. The van der Waals surface area contributed by atoms with Crippen LogP contribution in [0.2, 0.25) is 0 Å². The number of nitrogens with zero attached hydrogens (tertiary/aromatic N) is 2. The fraction of sp³-hybridized carbons (Fsp3) is 0.211. The molecule has 3 aromatic rings. The number of rotatable bonds is 4. The van der Waals surface area contributed by atoms with Crippen molar-refractivity contribution in [3.05, 3.63) is 70.9 Å².